The predicted molar refractivity (Wildman–Crippen MR) is 106 cm³/mol. The Hall–Kier alpha value is -3.55. The second kappa shape index (κ2) is 7.46. The SMILES string of the molecule is O=C(CCc1nc2ccccc2[nH]1)N1CCC(c2noc(-c3ccccn3)n2)C1. The van der Waals surface area contributed by atoms with E-state index in [0.29, 0.717) is 43.3 Å². The molecule has 8 nitrogen and oxygen atoms in total. The number of likely N-dealkylation sites (tertiary alicyclic amines) is 1. The average molecular weight is 388 g/mol. The molecule has 146 valence electrons. The van der Waals surface area contributed by atoms with Gasteiger partial charge in [0.05, 0.1) is 11.0 Å². The van der Waals surface area contributed by atoms with Gasteiger partial charge in [-0.15, -0.1) is 0 Å². The monoisotopic (exact) mass is 388 g/mol. The van der Waals surface area contributed by atoms with Gasteiger partial charge in [-0.1, -0.05) is 23.4 Å². The maximum Gasteiger partial charge on any atom is 0.276 e. The fourth-order valence-electron chi connectivity index (χ4n) is 3.70. The van der Waals surface area contributed by atoms with Gasteiger partial charge in [0, 0.05) is 38.0 Å². The van der Waals surface area contributed by atoms with Crippen molar-refractivity contribution in [2.75, 3.05) is 13.1 Å². The fraction of sp³-hybridized carbons (Fsp3) is 0.286. The standard InChI is InChI=1S/C21H20N6O2/c28-19(9-8-18-23-15-5-1-2-6-16(15)24-18)27-12-10-14(13-27)20-25-21(29-26-20)17-7-3-4-11-22-17/h1-7,11,14H,8-10,12-13H2,(H,23,24). The zero-order chi connectivity index (χ0) is 19.6. The van der Waals surface area contributed by atoms with Crippen molar-refractivity contribution in [3.63, 3.8) is 0 Å². The van der Waals surface area contributed by atoms with E-state index in [4.69, 9.17) is 4.52 Å². The number of nitrogens with zero attached hydrogens (tertiary/aromatic N) is 5. The molecule has 29 heavy (non-hydrogen) atoms. The number of aromatic amines is 1. The molecule has 4 heterocycles. The van der Waals surface area contributed by atoms with Crippen LogP contribution in [-0.2, 0) is 11.2 Å². The molecule has 1 saturated heterocycles. The summed E-state index contributed by atoms with van der Waals surface area (Å²) in [6.45, 7) is 1.32. The highest BCUT2D eigenvalue weighted by Crippen LogP contribution is 2.27. The van der Waals surface area contributed by atoms with E-state index in [2.05, 4.69) is 25.1 Å². The van der Waals surface area contributed by atoms with Gasteiger partial charge >= 0.3 is 0 Å². The van der Waals surface area contributed by atoms with Gasteiger partial charge in [-0.05, 0) is 30.7 Å². The summed E-state index contributed by atoms with van der Waals surface area (Å²) in [7, 11) is 0. The van der Waals surface area contributed by atoms with Crippen molar-refractivity contribution in [3.8, 4) is 11.6 Å². The van der Waals surface area contributed by atoms with Gasteiger partial charge in [-0.25, -0.2) is 4.98 Å². The van der Waals surface area contributed by atoms with Gasteiger partial charge < -0.3 is 14.4 Å². The highest BCUT2D eigenvalue weighted by atomic mass is 16.5. The van der Waals surface area contributed by atoms with Crippen LogP contribution in [0.4, 0.5) is 0 Å². The molecule has 1 fully saturated rings. The predicted octanol–water partition coefficient (Wildman–Crippen LogP) is 2.96. The number of benzene rings is 1. The zero-order valence-electron chi connectivity index (χ0n) is 15.8. The molecular formula is C21H20N6O2. The molecule has 3 aromatic heterocycles. The molecule has 1 N–H and O–H groups in total. The first-order valence-electron chi connectivity index (χ1n) is 9.73. The summed E-state index contributed by atoms with van der Waals surface area (Å²) < 4.78 is 5.35. The Labute approximate surface area is 167 Å². The van der Waals surface area contributed by atoms with E-state index in [1.807, 2.05) is 47.4 Å². The smallest absolute Gasteiger partial charge is 0.276 e. The number of amides is 1. The maximum absolute atomic E-state index is 12.6. The normalized spacial score (nSPS) is 16.6. The molecule has 0 spiro atoms. The lowest BCUT2D eigenvalue weighted by Crippen LogP contribution is -2.28. The number of nitrogens with one attached hydrogen (secondary N) is 1. The third-order valence-electron chi connectivity index (χ3n) is 5.25. The lowest BCUT2D eigenvalue weighted by atomic mass is 10.1. The third-order valence-corrected chi connectivity index (χ3v) is 5.25. The van der Waals surface area contributed by atoms with Crippen LogP contribution in [0.5, 0.6) is 0 Å². The van der Waals surface area contributed by atoms with Gasteiger partial charge in [0.2, 0.25) is 5.91 Å². The minimum Gasteiger partial charge on any atom is -0.342 e. The van der Waals surface area contributed by atoms with Crippen LogP contribution in [0.15, 0.2) is 53.2 Å². The van der Waals surface area contributed by atoms with Crippen LogP contribution in [0.25, 0.3) is 22.6 Å². The van der Waals surface area contributed by atoms with Crippen molar-refractivity contribution >= 4 is 16.9 Å². The van der Waals surface area contributed by atoms with Crippen LogP contribution >= 0.6 is 0 Å². The van der Waals surface area contributed by atoms with Gasteiger partial charge in [0.1, 0.15) is 11.5 Å². The first-order chi connectivity index (χ1) is 14.3. The highest BCUT2D eigenvalue weighted by Gasteiger charge is 2.30. The molecular weight excluding hydrogens is 368 g/mol. The second-order valence-corrected chi connectivity index (χ2v) is 7.20. The number of pyridine rings is 1. The van der Waals surface area contributed by atoms with E-state index in [-0.39, 0.29) is 11.8 Å². The number of rotatable bonds is 5. The largest absolute Gasteiger partial charge is 0.342 e. The summed E-state index contributed by atoms with van der Waals surface area (Å²) in [5.74, 6) is 2.11. The second-order valence-electron chi connectivity index (χ2n) is 7.20. The van der Waals surface area contributed by atoms with E-state index < -0.39 is 0 Å². The number of imidazole rings is 1. The Balaban J connectivity index is 1.19. The molecule has 0 radical (unpaired) electrons. The number of carbonyl (C=O) groups excluding carboxylic acids is 1. The molecule has 5 rings (SSSR count). The quantitative estimate of drug-likeness (QED) is 0.564. The minimum absolute atomic E-state index is 0.0892. The molecule has 1 atom stereocenters. The van der Waals surface area contributed by atoms with E-state index in [1.165, 1.54) is 0 Å². The molecule has 8 heteroatoms. The van der Waals surface area contributed by atoms with Crippen molar-refractivity contribution in [2.24, 2.45) is 0 Å². The fourth-order valence-corrected chi connectivity index (χ4v) is 3.70. The topological polar surface area (TPSA) is 101 Å². The molecule has 1 aliphatic rings. The summed E-state index contributed by atoms with van der Waals surface area (Å²) in [6, 6.07) is 13.4. The van der Waals surface area contributed by atoms with Gasteiger partial charge in [-0.2, -0.15) is 4.98 Å². The summed E-state index contributed by atoms with van der Waals surface area (Å²) in [6.07, 6.45) is 3.55. The molecule has 0 aliphatic carbocycles. The van der Waals surface area contributed by atoms with Crippen molar-refractivity contribution in [2.45, 2.75) is 25.2 Å². The van der Waals surface area contributed by atoms with Gasteiger partial charge in [0.25, 0.3) is 5.89 Å². The summed E-state index contributed by atoms with van der Waals surface area (Å²) in [5, 5.41) is 4.11. The summed E-state index contributed by atoms with van der Waals surface area (Å²) >= 11 is 0. The molecule has 4 aromatic rings. The maximum atomic E-state index is 12.6. The molecule has 1 aliphatic heterocycles. The lowest BCUT2D eigenvalue weighted by molar-refractivity contribution is -0.130. The number of hydrogen-bond donors (Lipinski definition) is 1. The van der Waals surface area contributed by atoms with E-state index in [9.17, 15) is 4.79 Å². The Kier molecular flexibility index (Phi) is 4.51. The zero-order valence-corrected chi connectivity index (χ0v) is 15.8. The Morgan fingerprint density at radius 2 is 2.07 bits per heavy atom. The average Bonchev–Trinajstić information content (AvgIpc) is 3.51. The lowest BCUT2D eigenvalue weighted by Gasteiger charge is -2.15. The molecule has 0 bridgehead atoms. The number of aromatic nitrogens is 5. The number of aryl methyl sites for hydroxylation is 1. The molecule has 1 aromatic carbocycles. The van der Waals surface area contributed by atoms with Crippen LogP contribution in [0.3, 0.4) is 0 Å². The first kappa shape index (κ1) is 17.5. The minimum atomic E-state index is 0.0892. The van der Waals surface area contributed by atoms with Crippen molar-refractivity contribution in [1.29, 1.82) is 0 Å². The third kappa shape index (κ3) is 3.61. The van der Waals surface area contributed by atoms with E-state index in [0.717, 1.165) is 23.3 Å². The van der Waals surface area contributed by atoms with Crippen molar-refractivity contribution in [3.05, 3.63) is 60.3 Å². The van der Waals surface area contributed by atoms with Gasteiger partial charge in [0.15, 0.2) is 5.82 Å². The van der Waals surface area contributed by atoms with Crippen molar-refractivity contribution < 1.29 is 9.32 Å². The number of carbonyl (C=O) groups is 1. The summed E-state index contributed by atoms with van der Waals surface area (Å²) in [5.41, 5.74) is 2.58. The van der Waals surface area contributed by atoms with Crippen LogP contribution in [-0.4, -0.2) is 49.0 Å². The molecule has 1 amide bonds. The molecule has 1 unspecified atom stereocenters. The number of hydrogen-bond acceptors (Lipinski definition) is 6. The number of H-pyrrole nitrogens is 1. The van der Waals surface area contributed by atoms with Crippen LogP contribution in [0.1, 0.15) is 30.4 Å². The Morgan fingerprint density at radius 1 is 1.17 bits per heavy atom. The Morgan fingerprint density at radius 3 is 2.93 bits per heavy atom. The van der Waals surface area contributed by atoms with Crippen LogP contribution in [0, 0.1) is 0 Å². The highest BCUT2D eigenvalue weighted by molar-refractivity contribution is 5.77. The first-order valence-corrected chi connectivity index (χ1v) is 9.73. The van der Waals surface area contributed by atoms with Gasteiger partial charge in [-0.3, -0.25) is 9.78 Å². The summed E-state index contributed by atoms with van der Waals surface area (Å²) in [4.78, 5) is 31.1. The van der Waals surface area contributed by atoms with Crippen LogP contribution < -0.4 is 0 Å². The number of para-hydroxylation sites is 2. The molecule has 0 saturated carbocycles. The van der Waals surface area contributed by atoms with E-state index in [1.54, 1.807) is 6.20 Å². The van der Waals surface area contributed by atoms with Crippen molar-refractivity contribution in [1.82, 2.24) is 30.0 Å². The number of fused-ring (bicyclic) bond motifs is 1. The Bertz CT molecular complexity index is 1100. The van der Waals surface area contributed by atoms with Crippen LogP contribution in [0.2, 0.25) is 0 Å². The van der Waals surface area contributed by atoms with E-state index >= 15 is 0 Å².